The molecule has 3 rings (SSSR count). The third-order valence-electron chi connectivity index (χ3n) is 5.61. The highest BCUT2D eigenvalue weighted by atomic mass is 35.5. The van der Waals surface area contributed by atoms with Crippen molar-refractivity contribution < 1.29 is 9.59 Å². The van der Waals surface area contributed by atoms with Crippen LogP contribution in [0.4, 0.5) is 0 Å². The van der Waals surface area contributed by atoms with E-state index in [0.29, 0.717) is 23.8 Å². The number of benzene rings is 1. The van der Waals surface area contributed by atoms with Crippen molar-refractivity contribution in [1.82, 2.24) is 10.6 Å². The number of halogens is 1. The summed E-state index contributed by atoms with van der Waals surface area (Å²) in [6.07, 6.45) is 5.91. The Labute approximate surface area is 161 Å². The first-order valence-electron chi connectivity index (χ1n) is 9.43. The van der Waals surface area contributed by atoms with Gasteiger partial charge in [0.05, 0.1) is 0 Å². The predicted molar refractivity (Wildman–Crippen MR) is 105 cm³/mol. The van der Waals surface area contributed by atoms with Crippen LogP contribution < -0.4 is 16.4 Å². The number of nitrogens with two attached hydrogens (primary N) is 1. The minimum Gasteiger partial charge on any atom is -0.353 e. The Hall–Kier alpha value is -1.59. The molecule has 0 radical (unpaired) electrons. The Kier molecular flexibility index (Phi) is 7.47. The molecule has 2 bridgehead atoms. The van der Waals surface area contributed by atoms with Crippen LogP contribution in [0.1, 0.15) is 55.8 Å². The molecule has 2 amide bonds. The fourth-order valence-electron chi connectivity index (χ4n) is 4.50. The third-order valence-corrected chi connectivity index (χ3v) is 5.61. The standard InChI is InChI=1S/C20H29N3O2.ClH/c1-13(22-20(25)14-6-3-2-4-7-14)10-18(24)23-19-15-8-5-9-16(19)12-17(21)11-15;/h2-4,6-7,13,15-17,19H,5,8-12,21H2,1H3,(H,22,25)(H,23,24);1H. The zero-order valence-electron chi connectivity index (χ0n) is 15.3. The van der Waals surface area contributed by atoms with Gasteiger partial charge in [-0.3, -0.25) is 9.59 Å². The number of carbonyl (C=O) groups excluding carboxylic acids is 2. The van der Waals surface area contributed by atoms with E-state index in [1.54, 1.807) is 12.1 Å². The molecule has 5 nitrogen and oxygen atoms in total. The maximum atomic E-state index is 12.5. The van der Waals surface area contributed by atoms with Crippen LogP contribution in [0.25, 0.3) is 0 Å². The van der Waals surface area contributed by atoms with Crippen LogP contribution in [0, 0.1) is 11.8 Å². The molecule has 0 spiro atoms. The second-order valence-corrected chi connectivity index (χ2v) is 7.72. The molecule has 0 saturated heterocycles. The van der Waals surface area contributed by atoms with Crippen LogP contribution in [0.3, 0.4) is 0 Å². The van der Waals surface area contributed by atoms with E-state index < -0.39 is 0 Å². The number of hydrogen-bond donors (Lipinski definition) is 3. The average molecular weight is 380 g/mol. The Morgan fingerprint density at radius 2 is 1.77 bits per heavy atom. The predicted octanol–water partition coefficient (Wildman–Crippen LogP) is 2.64. The van der Waals surface area contributed by atoms with Gasteiger partial charge in [0, 0.05) is 30.1 Å². The van der Waals surface area contributed by atoms with Crippen LogP contribution >= 0.6 is 12.4 Å². The lowest BCUT2D eigenvalue weighted by molar-refractivity contribution is -0.123. The van der Waals surface area contributed by atoms with Crippen LogP contribution in [0.2, 0.25) is 0 Å². The normalized spacial score (nSPS) is 28.4. The van der Waals surface area contributed by atoms with Crippen molar-refractivity contribution in [3.8, 4) is 0 Å². The van der Waals surface area contributed by atoms with Gasteiger partial charge in [-0.2, -0.15) is 0 Å². The highest BCUT2D eigenvalue weighted by Gasteiger charge is 2.39. The van der Waals surface area contributed by atoms with Gasteiger partial charge in [0.1, 0.15) is 0 Å². The molecule has 144 valence electrons. The molecule has 2 aliphatic carbocycles. The number of hydrogen-bond acceptors (Lipinski definition) is 3. The maximum absolute atomic E-state index is 12.5. The zero-order chi connectivity index (χ0) is 17.8. The first-order valence-corrected chi connectivity index (χ1v) is 9.43. The fourth-order valence-corrected chi connectivity index (χ4v) is 4.50. The smallest absolute Gasteiger partial charge is 0.251 e. The lowest BCUT2D eigenvalue weighted by atomic mass is 9.67. The second-order valence-electron chi connectivity index (χ2n) is 7.72. The molecular weight excluding hydrogens is 350 g/mol. The van der Waals surface area contributed by atoms with Crippen LogP contribution in [0.15, 0.2) is 30.3 Å². The number of rotatable bonds is 5. The SMILES string of the molecule is CC(CC(=O)NC1C2CCCC1CC(N)C2)NC(=O)c1ccccc1.Cl. The molecule has 3 unspecified atom stereocenters. The summed E-state index contributed by atoms with van der Waals surface area (Å²) in [6.45, 7) is 1.87. The van der Waals surface area contributed by atoms with E-state index in [1.807, 2.05) is 25.1 Å². The van der Waals surface area contributed by atoms with Crippen molar-refractivity contribution in [2.24, 2.45) is 17.6 Å². The molecule has 2 aliphatic rings. The molecule has 2 saturated carbocycles. The summed E-state index contributed by atoms with van der Waals surface area (Å²) in [6, 6.07) is 9.44. The van der Waals surface area contributed by atoms with E-state index in [-0.39, 0.29) is 42.3 Å². The summed E-state index contributed by atoms with van der Waals surface area (Å²) in [7, 11) is 0. The molecular formula is C20H30ClN3O2. The quantitative estimate of drug-likeness (QED) is 0.735. The Morgan fingerprint density at radius 3 is 2.38 bits per heavy atom. The van der Waals surface area contributed by atoms with Gasteiger partial charge in [0.25, 0.3) is 5.91 Å². The molecule has 0 aliphatic heterocycles. The highest BCUT2D eigenvalue weighted by Crippen LogP contribution is 2.39. The molecule has 2 fully saturated rings. The third kappa shape index (κ3) is 5.21. The first-order chi connectivity index (χ1) is 12.0. The molecule has 1 aromatic carbocycles. The topological polar surface area (TPSA) is 84.2 Å². The van der Waals surface area contributed by atoms with Gasteiger partial charge >= 0.3 is 0 Å². The van der Waals surface area contributed by atoms with Crippen molar-refractivity contribution in [3.05, 3.63) is 35.9 Å². The van der Waals surface area contributed by atoms with Crippen molar-refractivity contribution in [2.45, 2.75) is 63.6 Å². The van der Waals surface area contributed by atoms with Crippen molar-refractivity contribution >= 4 is 24.2 Å². The molecule has 0 aromatic heterocycles. The highest BCUT2D eigenvalue weighted by molar-refractivity contribution is 5.94. The molecule has 1 aromatic rings. The summed E-state index contributed by atoms with van der Waals surface area (Å²) in [5.74, 6) is 0.918. The van der Waals surface area contributed by atoms with Crippen LogP contribution in [0.5, 0.6) is 0 Å². The largest absolute Gasteiger partial charge is 0.353 e. The first kappa shape index (κ1) is 20.7. The van der Waals surface area contributed by atoms with Gasteiger partial charge in [-0.25, -0.2) is 0 Å². The summed E-state index contributed by atoms with van der Waals surface area (Å²) < 4.78 is 0. The van der Waals surface area contributed by atoms with Gasteiger partial charge < -0.3 is 16.4 Å². The van der Waals surface area contributed by atoms with E-state index >= 15 is 0 Å². The lowest BCUT2D eigenvalue weighted by Gasteiger charge is -2.45. The van der Waals surface area contributed by atoms with Gasteiger partial charge in [-0.15, -0.1) is 12.4 Å². The monoisotopic (exact) mass is 379 g/mol. The number of nitrogens with one attached hydrogen (secondary N) is 2. The molecule has 0 heterocycles. The van der Waals surface area contributed by atoms with Crippen molar-refractivity contribution in [2.75, 3.05) is 0 Å². The fraction of sp³-hybridized carbons (Fsp3) is 0.600. The Balaban J connectivity index is 0.00000243. The number of amides is 2. The van der Waals surface area contributed by atoms with E-state index in [4.69, 9.17) is 5.73 Å². The van der Waals surface area contributed by atoms with Gasteiger partial charge in [-0.1, -0.05) is 24.6 Å². The molecule has 26 heavy (non-hydrogen) atoms. The number of carbonyl (C=O) groups is 2. The van der Waals surface area contributed by atoms with E-state index in [2.05, 4.69) is 10.6 Å². The summed E-state index contributed by atoms with van der Waals surface area (Å²) in [5, 5.41) is 6.14. The van der Waals surface area contributed by atoms with Gasteiger partial charge in [0.2, 0.25) is 5.91 Å². The maximum Gasteiger partial charge on any atom is 0.251 e. The molecule has 4 N–H and O–H groups in total. The van der Waals surface area contributed by atoms with Crippen molar-refractivity contribution in [3.63, 3.8) is 0 Å². The minimum absolute atomic E-state index is 0. The van der Waals surface area contributed by atoms with Gasteiger partial charge in [-0.05, 0) is 56.6 Å². The summed E-state index contributed by atoms with van der Waals surface area (Å²) >= 11 is 0. The van der Waals surface area contributed by atoms with E-state index in [0.717, 1.165) is 25.7 Å². The molecule has 3 atom stereocenters. The summed E-state index contributed by atoms with van der Waals surface area (Å²) in [5.41, 5.74) is 6.76. The average Bonchev–Trinajstić information content (AvgIpc) is 2.56. The Morgan fingerprint density at radius 1 is 1.15 bits per heavy atom. The van der Waals surface area contributed by atoms with Crippen LogP contribution in [-0.2, 0) is 4.79 Å². The van der Waals surface area contributed by atoms with Gasteiger partial charge in [0.15, 0.2) is 0 Å². The second kappa shape index (κ2) is 9.38. The Bertz CT molecular complexity index is 596. The van der Waals surface area contributed by atoms with E-state index in [1.165, 1.54) is 6.42 Å². The van der Waals surface area contributed by atoms with E-state index in [9.17, 15) is 9.59 Å². The zero-order valence-corrected chi connectivity index (χ0v) is 16.1. The minimum atomic E-state index is -0.196. The summed E-state index contributed by atoms with van der Waals surface area (Å²) in [4.78, 5) is 24.6. The number of fused-ring (bicyclic) bond motifs is 2. The van der Waals surface area contributed by atoms with Crippen LogP contribution in [-0.4, -0.2) is 29.9 Å². The van der Waals surface area contributed by atoms with Crippen molar-refractivity contribution in [1.29, 1.82) is 0 Å². The lowest BCUT2D eigenvalue weighted by Crippen LogP contribution is -2.54. The molecule has 6 heteroatoms.